The number of carbonyl (C=O) groups excluding carboxylic acids is 1. The fourth-order valence-corrected chi connectivity index (χ4v) is 2.39. The molecule has 1 aromatic rings. The molecule has 0 aliphatic carbocycles. The number of nitrogens with two attached hydrogens (primary N) is 1. The van der Waals surface area contributed by atoms with Gasteiger partial charge in [0.05, 0.1) is 0 Å². The van der Waals surface area contributed by atoms with Crippen molar-refractivity contribution in [2.45, 2.75) is 25.8 Å². The van der Waals surface area contributed by atoms with Gasteiger partial charge in [-0.25, -0.2) is 5.84 Å². The Bertz CT molecular complexity index is 419. The molecule has 1 unspecified atom stereocenters. The zero-order valence-corrected chi connectivity index (χ0v) is 11.3. The summed E-state index contributed by atoms with van der Waals surface area (Å²) in [4.78, 5) is 13.7. The Morgan fingerprint density at radius 3 is 2.79 bits per heavy atom. The Morgan fingerprint density at radius 1 is 1.47 bits per heavy atom. The van der Waals surface area contributed by atoms with Crippen molar-refractivity contribution in [1.82, 2.24) is 10.3 Å². The molecule has 1 saturated heterocycles. The number of hydrogen-bond donors (Lipinski definition) is 2. The lowest BCUT2D eigenvalue weighted by atomic mass is 10.2. The number of ether oxygens (including phenoxy) is 1. The van der Waals surface area contributed by atoms with Crippen molar-refractivity contribution in [3.63, 3.8) is 0 Å². The van der Waals surface area contributed by atoms with E-state index in [1.807, 2.05) is 0 Å². The fraction of sp³-hybridized carbons (Fsp3) is 0.500. The lowest BCUT2D eigenvalue weighted by Gasteiger charge is -2.20. The van der Waals surface area contributed by atoms with E-state index < -0.39 is 0 Å². The molecular formula is C14H21N3O2. The summed E-state index contributed by atoms with van der Waals surface area (Å²) in [5, 5.41) is 0. The van der Waals surface area contributed by atoms with E-state index in [1.165, 1.54) is 19.4 Å². The number of hydrogen-bond acceptors (Lipinski definition) is 4. The third-order valence-corrected chi connectivity index (χ3v) is 3.59. The molecule has 0 bridgehead atoms. The SMILES string of the molecule is CC1CCCN1CCOc1ccc(C(=O)NN)cc1. The number of nitrogens with zero attached hydrogens (tertiary/aromatic N) is 1. The van der Waals surface area contributed by atoms with E-state index in [0.717, 1.165) is 12.3 Å². The molecule has 19 heavy (non-hydrogen) atoms. The second-order valence-electron chi connectivity index (χ2n) is 4.87. The van der Waals surface area contributed by atoms with Crippen molar-refractivity contribution in [3.05, 3.63) is 29.8 Å². The molecule has 0 aromatic heterocycles. The molecule has 0 saturated carbocycles. The normalized spacial score (nSPS) is 19.4. The number of nitrogens with one attached hydrogen (secondary N) is 1. The first-order valence-electron chi connectivity index (χ1n) is 6.68. The van der Waals surface area contributed by atoms with E-state index >= 15 is 0 Å². The molecule has 0 radical (unpaired) electrons. The van der Waals surface area contributed by atoms with E-state index in [2.05, 4.69) is 17.2 Å². The van der Waals surface area contributed by atoms with Gasteiger partial charge in [0.1, 0.15) is 12.4 Å². The van der Waals surface area contributed by atoms with Crippen LogP contribution >= 0.6 is 0 Å². The molecule has 1 fully saturated rings. The summed E-state index contributed by atoms with van der Waals surface area (Å²) in [5.41, 5.74) is 2.63. The Morgan fingerprint density at radius 2 is 2.21 bits per heavy atom. The van der Waals surface area contributed by atoms with Gasteiger partial charge in [0.15, 0.2) is 0 Å². The van der Waals surface area contributed by atoms with Gasteiger partial charge < -0.3 is 4.74 Å². The standard InChI is InChI=1S/C14H21N3O2/c1-11-3-2-8-17(11)9-10-19-13-6-4-12(5-7-13)14(18)16-15/h4-7,11H,2-3,8-10,15H2,1H3,(H,16,18). The fourth-order valence-electron chi connectivity index (χ4n) is 2.39. The predicted molar refractivity (Wildman–Crippen MR) is 73.9 cm³/mol. The molecule has 1 amide bonds. The highest BCUT2D eigenvalue weighted by Gasteiger charge is 2.19. The molecule has 5 heteroatoms. The van der Waals surface area contributed by atoms with Crippen LogP contribution in [0.2, 0.25) is 0 Å². The van der Waals surface area contributed by atoms with Gasteiger partial charge in [-0.15, -0.1) is 0 Å². The first-order valence-corrected chi connectivity index (χ1v) is 6.68. The lowest BCUT2D eigenvalue weighted by Crippen LogP contribution is -2.31. The van der Waals surface area contributed by atoms with Crippen LogP contribution in [0.25, 0.3) is 0 Å². The van der Waals surface area contributed by atoms with Crippen LogP contribution in [0, 0.1) is 0 Å². The van der Waals surface area contributed by atoms with Crippen molar-refractivity contribution < 1.29 is 9.53 Å². The summed E-state index contributed by atoms with van der Waals surface area (Å²) >= 11 is 0. The van der Waals surface area contributed by atoms with Crippen LogP contribution in [0.15, 0.2) is 24.3 Å². The van der Waals surface area contributed by atoms with E-state index in [9.17, 15) is 4.79 Å². The van der Waals surface area contributed by atoms with E-state index in [-0.39, 0.29) is 5.91 Å². The van der Waals surface area contributed by atoms with Crippen molar-refractivity contribution in [2.75, 3.05) is 19.7 Å². The minimum Gasteiger partial charge on any atom is -0.492 e. The molecule has 0 spiro atoms. The number of rotatable bonds is 5. The average molecular weight is 263 g/mol. The molecule has 5 nitrogen and oxygen atoms in total. The third kappa shape index (κ3) is 3.68. The first-order chi connectivity index (χ1) is 9.20. The minimum atomic E-state index is -0.294. The van der Waals surface area contributed by atoms with E-state index in [0.29, 0.717) is 18.2 Å². The Balaban J connectivity index is 1.78. The zero-order chi connectivity index (χ0) is 13.7. The largest absolute Gasteiger partial charge is 0.492 e. The number of carbonyl (C=O) groups is 1. The van der Waals surface area contributed by atoms with Crippen LogP contribution in [0.3, 0.4) is 0 Å². The van der Waals surface area contributed by atoms with Gasteiger partial charge in [-0.05, 0) is 50.6 Å². The van der Waals surface area contributed by atoms with Crippen LogP contribution in [-0.4, -0.2) is 36.5 Å². The molecule has 1 heterocycles. The first kappa shape index (κ1) is 13.8. The second-order valence-corrected chi connectivity index (χ2v) is 4.87. The van der Waals surface area contributed by atoms with Gasteiger partial charge in [0.25, 0.3) is 5.91 Å². The number of amides is 1. The summed E-state index contributed by atoms with van der Waals surface area (Å²) in [6.45, 7) is 5.05. The third-order valence-electron chi connectivity index (χ3n) is 3.59. The van der Waals surface area contributed by atoms with Crippen molar-refractivity contribution in [2.24, 2.45) is 5.84 Å². The topological polar surface area (TPSA) is 67.6 Å². The van der Waals surface area contributed by atoms with Crippen LogP contribution in [-0.2, 0) is 0 Å². The highest BCUT2D eigenvalue weighted by atomic mass is 16.5. The number of benzene rings is 1. The van der Waals surface area contributed by atoms with E-state index in [4.69, 9.17) is 10.6 Å². The van der Waals surface area contributed by atoms with Gasteiger partial charge in [-0.3, -0.25) is 15.1 Å². The lowest BCUT2D eigenvalue weighted by molar-refractivity contribution is 0.0953. The minimum absolute atomic E-state index is 0.294. The summed E-state index contributed by atoms with van der Waals surface area (Å²) in [5.74, 6) is 5.55. The van der Waals surface area contributed by atoms with Crippen molar-refractivity contribution in [3.8, 4) is 5.75 Å². The maximum atomic E-state index is 11.3. The van der Waals surface area contributed by atoms with Gasteiger partial charge in [0, 0.05) is 18.2 Å². The van der Waals surface area contributed by atoms with Crippen LogP contribution in [0.1, 0.15) is 30.1 Å². The molecule has 1 aliphatic heterocycles. The van der Waals surface area contributed by atoms with Gasteiger partial charge in [-0.1, -0.05) is 0 Å². The number of nitrogen functional groups attached to an aromatic ring is 1. The summed E-state index contributed by atoms with van der Waals surface area (Å²) in [6.07, 6.45) is 2.56. The summed E-state index contributed by atoms with van der Waals surface area (Å²) < 4.78 is 5.68. The van der Waals surface area contributed by atoms with Crippen LogP contribution < -0.4 is 16.0 Å². The molecular weight excluding hydrogens is 242 g/mol. The molecule has 2 rings (SSSR count). The van der Waals surface area contributed by atoms with Crippen molar-refractivity contribution in [1.29, 1.82) is 0 Å². The maximum absolute atomic E-state index is 11.3. The van der Waals surface area contributed by atoms with Crippen molar-refractivity contribution >= 4 is 5.91 Å². The summed E-state index contributed by atoms with van der Waals surface area (Å²) in [7, 11) is 0. The molecule has 1 atom stereocenters. The second kappa shape index (κ2) is 6.54. The Kier molecular flexibility index (Phi) is 4.76. The van der Waals surface area contributed by atoms with Gasteiger partial charge >= 0.3 is 0 Å². The van der Waals surface area contributed by atoms with Gasteiger partial charge in [-0.2, -0.15) is 0 Å². The Hall–Kier alpha value is -1.59. The average Bonchev–Trinajstić information content (AvgIpc) is 2.84. The highest BCUT2D eigenvalue weighted by Crippen LogP contribution is 2.16. The van der Waals surface area contributed by atoms with Crippen LogP contribution in [0.4, 0.5) is 0 Å². The highest BCUT2D eigenvalue weighted by molar-refractivity contribution is 5.93. The number of hydrazine groups is 1. The smallest absolute Gasteiger partial charge is 0.265 e. The quantitative estimate of drug-likeness (QED) is 0.475. The molecule has 1 aromatic carbocycles. The molecule has 3 N–H and O–H groups in total. The molecule has 104 valence electrons. The van der Waals surface area contributed by atoms with E-state index in [1.54, 1.807) is 24.3 Å². The maximum Gasteiger partial charge on any atom is 0.265 e. The Labute approximate surface area is 113 Å². The monoisotopic (exact) mass is 263 g/mol. The van der Waals surface area contributed by atoms with Gasteiger partial charge in [0.2, 0.25) is 0 Å². The molecule has 1 aliphatic rings. The number of likely N-dealkylation sites (tertiary alicyclic amines) is 1. The zero-order valence-electron chi connectivity index (χ0n) is 11.3. The predicted octanol–water partition coefficient (Wildman–Crippen LogP) is 1.15. The summed E-state index contributed by atoms with van der Waals surface area (Å²) in [6, 6.07) is 7.65. The van der Waals surface area contributed by atoms with Crippen LogP contribution in [0.5, 0.6) is 5.75 Å².